The van der Waals surface area contributed by atoms with Crippen molar-refractivity contribution in [2.24, 2.45) is 0 Å². The summed E-state index contributed by atoms with van der Waals surface area (Å²) in [6, 6.07) is 17.2. The molecule has 2 aromatic carbocycles. The van der Waals surface area contributed by atoms with Crippen molar-refractivity contribution in [3.8, 4) is 17.1 Å². The molecular formula is C21H18FN5O2. The van der Waals surface area contributed by atoms with E-state index in [-0.39, 0.29) is 17.3 Å². The third-order valence-electron chi connectivity index (χ3n) is 4.33. The van der Waals surface area contributed by atoms with Gasteiger partial charge in [0.25, 0.3) is 5.91 Å². The number of aromatic nitrogens is 4. The molecule has 2 N–H and O–H groups in total. The van der Waals surface area contributed by atoms with Crippen LogP contribution in [-0.4, -0.2) is 37.1 Å². The molecule has 0 fully saturated rings. The van der Waals surface area contributed by atoms with E-state index in [1.54, 1.807) is 4.68 Å². The van der Waals surface area contributed by atoms with Crippen molar-refractivity contribution in [2.45, 2.75) is 6.42 Å². The highest BCUT2D eigenvalue weighted by atomic mass is 19.1. The summed E-state index contributed by atoms with van der Waals surface area (Å²) in [5.74, 6) is -1.12. The summed E-state index contributed by atoms with van der Waals surface area (Å²) >= 11 is 0. The Labute approximate surface area is 166 Å². The highest BCUT2D eigenvalue weighted by Crippen LogP contribution is 2.18. The second-order valence-electron chi connectivity index (χ2n) is 6.38. The SMILES string of the molecule is O=C(NCCc1ccn(-c2ccccc2)n1)c1nn(-c2ccc(F)cc2)cc1O. The second kappa shape index (κ2) is 7.97. The van der Waals surface area contributed by atoms with Crippen molar-refractivity contribution >= 4 is 5.91 Å². The number of rotatable bonds is 6. The molecule has 1 amide bonds. The number of para-hydroxylation sites is 1. The van der Waals surface area contributed by atoms with Gasteiger partial charge in [0.1, 0.15) is 5.82 Å². The van der Waals surface area contributed by atoms with Crippen LogP contribution in [-0.2, 0) is 6.42 Å². The van der Waals surface area contributed by atoms with E-state index in [0.717, 1.165) is 11.4 Å². The lowest BCUT2D eigenvalue weighted by Gasteiger charge is -2.03. The van der Waals surface area contributed by atoms with Gasteiger partial charge < -0.3 is 10.4 Å². The minimum Gasteiger partial charge on any atom is -0.504 e. The molecule has 0 spiro atoms. The van der Waals surface area contributed by atoms with Crippen LogP contribution in [0.25, 0.3) is 11.4 Å². The Morgan fingerprint density at radius 1 is 0.966 bits per heavy atom. The van der Waals surface area contributed by atoms with Crippen LogP contribution >= 0.6 is 0 Å². The number of carbonyl (C=O) groups excluding carboxylic acids is 1. The molecule has 0 saturated heterocycles. The summed E-state index contributed by atoms with van der Waals surface area (Å²) in [7, 11) is 0. The van der Waals surface area contributed by atoms with Crippen LogP contribution in [0.3, 0.4) is 0 Å². The van der Waals surface area contributed by atoms with Gasteiger partial charge in [-0.05, 0) is 42.5 Å². The van der Waals surface area contributed by atoms with Gasteiger partial charge in [-0.3, -0.25) is 4.79 Å². The molecule has 0 bridgehead atoms. The van der Waals surface area contributed by atoms with Crippen LogP contribution in [0.4, 0.5) is 4.39 Å². The first-order chi connectivity index (χ1) is 14.1. The van der Waals surface area contributed by atoms with E-state index in [0.29, 0.717) is 18.7 Å². The molecule has 0 aliphatic carbocycles. The summed E-state index contributed by atoms with van der Waals surface area (Å²) in [6.07, 6.45) is 3.71. The molecular weight excluding hydrogens is 373 g/mol. The Hall–Kier alpha value is -3.94. The Morgan fingerprint density at radius 2 is 1.69 bits per heavy atom. The zero-order valence-corrected chi connectivity index (χ0v) is 15.4. The molecule has 0 radical (unpaired) electrons. The zero-order valence-electron chi connectivity index (χ0n) is 15.4. The molecule has 4 rings (SSSR count). The fraction of sp³-hybridized carbons (Fsp3) is 0.0952. The fourth-order valence-corrected chi connectivity index (χ4v) is 2.86. The van der Waals surface area contributed by atoms with Crippen molar-refractivity contribution in [1.82, 2.24) is 24.9 Å². The number of carbonyl (C=O) groups is 1. The topological polar surface area (TPSA) is 85.0 Å². The monoisotopic (exact) mass is 391 g/mol. The van der Waals surface area contributed by atoms with Crippen LogP contribution in [0.15, 0.2) is 73.1 Å². The van der Waals surface area contributed by atoms with Crippen molar-refractivity contribution in [1.29, 1.82) is 0 Å². The van der Waals surface area contributed by atoms with Gasteiger partial charge in [0.2, 0.25) is 0 Å². The highest BCUT2D eigenvalue weighted by molar-refractivity contribution is 5.94. The average molecular weight is 391 g/mol. The van der Waals surface area contributed by atoms with Crippen molar-refractivity contribution in [3.63, 3.8) is 0 Å². The first kappa shape index (κ1) is 18.4. The number of aromatic hydroxyl groups is 1. The van der Waals surface area contributed by atoms with Gasteiger partial charge in [-0.1, -0.05) is 18.2 Å². The first-order valence-corrected chi connectivity index (χ1v) is 9.03. The van der Waals surface area contributed by atoms with Crippen molar-refractivity contribution in [3.05, 3.63) is 90.3 Å². The van der Waals surface area contributed by atoms with E-state index in [2.05, 4.69) is 15.5 Å². The Balaban J connectivity index is 1.37. The van der Waals surface area contributed by atoms with E-state index in [1.165, 1.54) is 35.1 Å². The quantitative estimate of drug-likeness (QED) is 0.529. The maximum Gasteiger partial charge on any atom is 0.275 e. The molecule has 0 atom stereocenters. The van der Waals surface area contributed by atoms with E-state index >= 15 is 0 Å². The molecule has 146 valence electrons. The molecule has 8 heteroatoms. The zero-order chi connectivity index (χ0) is 20.2. The lowest BCUT2D eigenvalue weighted by molar-refractivity contribution is 0.0946. The van der Waals surface area contributed by atoms with Crippen molar-refractivity contribution in [2.75, 3.05) is 6.54 Å². The number of benzene rings is 2. The van der Waals surface area contributed by atoms with Gasteiger partial charge in [-0.25, -0.2) is 13.8 Å². The van der Waals surface area contributed by atoms with Gasteiger partial charge in [-0.15, -0.1) is 0 Å². The highest BCUT2D eigenvalue weighted by Gasteiger charge is 2.17. The summed E-state index contributed by atoms with van der Waals surface area (Å²) in [5.41, 5.74) is 2.23. The Kier molecular flexibility index (Phi) is 5.07. The molecule has 29 heavy (non-hydrogen) atoms. The maximum absolute atomic E-state index is 13.0. The molecule has 0 unspecified atom stereocenters. The number of hydrogen-bond acceptors (Lipinski definition) is 4. The van der Waals surface area contributed by atoms with E-state index in [1.807, 2.05) is 42.6 Å². The van der Waals surface area contributed by atoms with Crippen LogP contribution in [0.2, 0.25) is 0 Å². The normalized spacial score (nSPS) is 10.8. The number of nitrogens with zero attached hydrogens (tertiary/aromatic N) is 4. The van der Waals surface area contributed by atoms with E-state index in [9.17, 15) is 14.3 Å². The third kappa shape index (κ3) is 4.16. The largest absolute Gasteiger partial charge is 0.504 e. The standard InChI is InChI=1S/C21H18FN5O2/c22-15-6-8-18(9-7-15)27-14-19(28)20(25-27)21(29)23-12-10-16-11-13-26(24-16)17-4-2-1-3-5-17/h1-9,11,13-14,28H,10,12H2,(H,23,29). The van der Waals surface area contributed by atoms with E-state index < -0.39 is 5.91 Å². The smallest absolute Gasteiger partial charge is 0.275 e. The Bertz CT molecular complexity index is 1120. The predicted molar refractivity (Wildman–Crippen MR) is 105 cm³/mol. The molecule has 0 saturated carbocycles. The lowest BCUT2D eigenvalue weighted by Crippen LogP contribution is -2.26. The number of hydrogen-bond donors (Lipinski definition) is 2. The summed E-state index contributed by atoms with van der Waals surface area (Å²) in [4.78, 5) is 12.3. The van der Waals surface area contributed by atoms with Gasteiger partial charge >= 0.3 is 0 Å². The molecule has 0 aliphatic heterocycles. The molecule has 0 aliphatic rings. The predicted octanol–water partition coefficient (Wildman–Crippen LogP) is 2.88. The molecule has 2 heterocycles. The summed E-state index contributed by atoms with van der Waals surface area (Å²) in [5, 5.41) is 21.3. The average Bonchev–Trinajstić information content (AvgIpc) is 3.36. The lowest BCUT2D eigenvalue weighted by atomic mass is 10.3. The molecule has 2 aromatic heterocycles. The minimum atomic E-state index is -0.495. The van der Waals surface area contributed by atoms with Crippen LogP contribution < -0.4 is 5.32 Å². The first-order valence-electron chi connectivity index (χ1n) is 9.03. The van der Waals surface area contributed by atoms with Crippen LogP contribution in [0.1, 0.15) is 16.2 Å². The third-order valence-corrected chi connectivity index (χ3v) is 4.33. The van der Waals surface area contributed by atoms with Crippen LogP contribution in [0, 0.1) is 5.82 Å². The Morgan fingerprint density at radius 3 is 2.45 bits per heavy atom. The summed E-state index contributed by atoms with van der Waals surface area (Å²) in [6.45, 7) is 0.341. The van der Waals surface area contributed by atoms with Gasteiger partial charge in [0, 0.05) is 19.2 Å². The minimum absolute atomic E-state index is 0.0934. The van der Waals surface area contributed by atoms with Gasteiger partial charge in [0.05, 0.1) is 23.3 Å². The van der Waals surface area contributed by atoms with Gasteiger partial charge in [-0.2, -0.15) is 10.2 Å². The van der Waals surface area contributed by atoms with Crippen LogP contribution in [0.5, 0.6) is 5.75 Å². The number of halogens is 1. The number of amides is 1. The maximum atomic E-state index is 13.0. The van der Waals surface area contributed by atoms with Gasteiger partial charge in [0.15, 0.2) is 11.4 Å². The van der Waals surface area contributed by atoms with E-state index in [4.69, 9.17) is 0 Å². The summed E-state index contributed by atoms with van der Waals surface area (Å²) < 4.78 is 16.1. The number of nitrogens with one attached hydrogen (secondary N) is 1. The molecule has 7 nitrogen and oxygen atoms in total. The fourth-order valence-electron chi connectivity index (χ4n) is 2.86. The molecule has 4 aromatic rings. The second-order valence-corrected chi connectivity index (χ2v) is 6.38. The van der Waals surface area contributed by atoms with Crippen molar-refractivity contribution < 1.29 is 14.3 Å².